The first-order valence-electron chi connectivity index (χ1n) is 8.71. The Morgan fingerprint density at radius 3 is 2.85 bits per heavy atom. The molecule has 0 aliphatic carbocycles. The smallest absolute Gasteiger partial charge is 0.227 e. The number of hydrogen-bond donors (Lipinski definition) is 2. The standard InChI is InChI=1S/C19H23NO5S/c1-13-11-15(21)17(23)18(25-13)19(5-9-26-10-6-19)12-16(22)20-7-4-14-3-2-8-24-14/h2-3,8,11,23H,4-7,9-10,12H2,1H3,(H,20,22). The number of aromatic hydroxyl groups is 1. The highest BCUT2D eigenvalue weighted by Gasteiger charge is 2.41. The molecule has 6 nitrogen and oxygen atoms in total. The molecule has 7 heteroatoms. The summed E-state index contributed by atoms with van der Waals surface area (Å²) in [5.41, 5.74) is -1.10. The van der Waals surface area contributed by atoms with Gasteiger partial charge in [-0.2, -0.15) is 11.8 Å². The summed E-state index contributed by atoms with van der Waals surface area (Å²) < 4.78 is 11.0. The van der Waals surface area contributed by atoms with Crippen LogP contribution in [-0.2, 0) is 16.6 Å². The average Bonchev–Trinajstić information content (AvgIpc) is 3.12. The molecule has 0 saturated carbocycles. The number of hydrogen-bond acceptors (Lipinski definition) is 6. The lowest BCUT2D eigenvalue weighted by molar-refractivity contribution is -0.122. The van der Waals surface area contributed by atoms with E-state index in [1.807, 2.05) is 12.1 Å². The number of amides is 1. The second kappa shape index (κ2) is 8.03. The number of aryl methyl sites for hydroxylation is 1. The molecule has 1 amide bonds. The normalized spacial score (nSPS) is 16.3. The van der Waals surface area contributed by atoms with Crippen LogP contribution in [0.5, 0.6) is 5.75 Å². The Balaban J connectivity index is 1.75. The van der Waals surface area contributed by atoms with Crippen LogP contribution in [-0.4, -0.2) is 29.1 Å². The van der Waals surface area contributed by atoms with Gasteiger partial charge in [-0.15, -0.1) is 0 Å². The Hall–Kier alpha value is -2.15. The quantitative estimate of drug-likeness (QED) is 0.804. The van der Waals surface area contributed by atoms with E-state index in [4.69, 9.17) is 8.83 Å². The van der Waals surface area contributed by atoms with Crippen molar-refractivity contribution in [2.45, 2.75) is 38.0 Å². The molecule has 140 valence electrons. The number of nitrogens with one attached hydrogen (secondary N) is 1. The van der Waals surface area contributed by atoms with E-state index in [0.29, 0.717) is 31.6 Å². The van der Waals surface area contributed by atoms with E-state index < -0.39 is 10.8 Å². The molecule has 0 spiro atoms. The van der Waals surface area contributed by atoms with Crippen molar-refractivity contribution in [3.05, 3.63) is 52.0 Å². The topological polar surface area (TPSA) is 92.7 Å². The fourth-order valence-corrected chi connectivity index (χ4v) is 4.63. The van der Waals surface area contributed by atoms with E-state index in [9.17, 15) is 14.7 Å². The van der Waals surface area contributed by atoms with Crippen LogP contribution in [0.25, 0.3) is 0 Å². The molecule has 0 radical (unpaired) electrons. The number of rotatable bonds is 6. The highest BCUT2D eigenvalue weighted by molar-refractivity contribution is 7.99. The van der Waals surface area contributed by atoms with Crippen LogP contribution in [0.15, 0.2) is 38.1 Å². The maximum atomic E-state index is 12.5. The number of thioether (sulfide) groups is 1. The molecule has 0 aromatic carbocycles. The molecule has 3 rings (SSSR count). The van der Waals surface area contributed by atoms with Gasteiger partial charge >= 0.3 is 0 Å². The van der Waals surface area contributed by atoms with Gasteiger partial charge in [0, 0.05) is 30.9 Å². The SMILES string of the molecule is Cc1cc(=O)c(O)c(C2(CC(=O)NCCc3ccco3)CCSCC2)o1. The lowest BCUT2D eigenvalue weighted by Crippen LogP contribution is -2.39. The van der Waals surface area contributed by atoms with Gasteiger partial charge in [-0.1, -0.05) is 0 Å². The minimum atomic E-state index is -0.644. The van der Waals surface area contributed by atoms with Crippen LogP contribution in [0.2, 0.25) is 0 Å². The van der Waals surface area contributed by atoms with Gasteiger partial charge in [-0.05, 0) is 43.4 Å². The van der Waals surface area contributed by atoms with Crippen molar-refractivity contribution in [3.63, 3.8) is 0 Å². The lowest BCUT2D eigenvalue weighted by atomic mass is 9.75. The summed E-state index contributed by atoms with van der Waals surface area (Å²) in [7, 11) is 0. The summed E-state index contributed by atoms with van der Waals surface area (Å²) in [6, 6.07) is 4.95. The zero-order valence-corrected chi connectivity index (χ0v) is 15.6. The summed E-state index contributed by atoms with van der Waals surface area (Å²) in [6.45, 7) is 2.15. The number of furan rings is 1. The van der Waals surface area contributed by atoms with Gasteiger partial charge in [-0.25, -0.2) is 0 Å². The Labute approximate surface area is 156 Å². The summed E-state index contributed by atoms with van der Waals surface area (Å²) in [6.07, 6.45) is 3.78. The molecule has 3 heterocycles. The third kappa shape index (κ3) is 4.15. The average molecular weight is 377 g/mol. The maximum Gasteiger partial charge on any atom is 0.227 e. The Morgan fingerprint density at radius 2 is 2.15 bits per heavy atom. The largest absolute Gasteiger partial charge is 0.502 e. The van der Waals surface area contributed by atoms with Crippen molar-refractivity contribution < 1.29 is 18.7 Å². The summed E-state index contributed by atoms with van der Waals surface area (Å²) in [4.78, 5) is 24.6. The van der Waals surface area contributed by atoms with Crippen molar-refractivity contribution in [3.8, 4) is 5.75 Å². The van der Waals surface area contributed by atoms with Crippen molar-refractivity contribution in [2.75, 3.05) is 18.1 Å². The first kappa shape index (κ1) is 18.6. The van der Waals surface area contributed by atoms with Gasteiger partial charge in [0.05, 0.1) is 6.26 Å². The van der Waals surface area contributed by atoms with E-state index in [2.05, 4.69) is 5.32 Å². The fraction of sp³-hybridized carbons (Fsp3) is 0.474. The molecule has 2 N–H and O–H groups in total. The van der Waals surface area contributed by atoms with Gasteiger partial charge in [0.25, 0.3) is 0 Å². The van der Waals surface area contributed by atoms with Crippen molar-refractivity contribution in [1.82, 2.24) is 5.32 Å². The first-order chi connectivity index (χ1) is 12.5. The van der Waals surface area contributed by atoms with Gasteiger partial charge in [-0.3, -0.25) is 9.59 Å². The first-order valence-corrected chi connectivity index (χ1v) is 9.87. The van der Waals surface area contributed by atoms with Gasteiger partial charge in [0.1, 0.15) is 11.5 Å². The molecule has 0 unspecified atom stereocenters. The molecule has 1 saturated heterocycles. The number of carbonyl (C=O) groups excluding carboxylic acids is 1. The number of carbonyl (C=O) groups is 1. The highest BCUT2D eigenvalue weighted by Crippen LogP contribution is 2.43. The van der Waals surface area contributed by atoms with Gasteiger partial charge in [0.15, 0.2) is 5.76 Å². The van der Waals surface area contributed by atoms with E-state index >= 15 is 0 Å². The maximum absolute atomic E-state index is 12.5. The molecule has 0 bridgehead atoms. The van der Waals surface area contributed by atoms with Crippen LogP contribution < -0.4 is 10.7 Å². The lowest BCUT2D eigenvalue weighted by Gasteiger charge is -2.35. The Morgan fingerprint density at radius 1 is 1.38 bits per heavy atom. The van der Waals surface area contributed by atoms with Crippen molar-refractivity contribution in [1.29, 1.82) is 0 Å². The van der Waals surface area contributed by atoms with E-state index in [0.717, 1.165) is 17.3 Å². The summed E-state index contributed by atoms with van der Waals surface area (Å²) in [5, 5.41) is 13.2. The van der Waals surface area contributed by atoms with Gasteiger partial charge in [0.2, 0.25) is 17.1 Å². The van der Waals surface area contributed by atoms with Crippen molar-refractivity contribution in [2.24, 2.45) is 0 Å². The van der Waals surface area contributed by atoms with E-state index in [-0.39, 0.29) is 23.8 Å². The molecular formula is C19H23NO5S. The van der Waals surface area contributed by atoms with Crippen LogP contribution >= 0.6 is 11.8 Å². The Kier molecular flexibility index (Phi) is 5.76. The second-order valence-electron chi connectivity index (χ2n) is 6.65. The minimum Gasteiger partial charge on any atom is -0.502 e. The molecular weight excluding hydrogens is 354 g/mol. The molecule has 2 aromatic rings. The van der Waals surface area contributed by atoms with Gasteiger partial charge < -0.3 is 19.3 Å². The highest BCUT2D eigenvalue weighted by atomic mass is 32.2. The molecule has 1 aliphatic rings. The molecule has 0 atom stereocenters. The zero-order chi connectivity index (χ0) is 18.6. The fourth-order valence-electron chi connectivity index (χ4n) is 3.36. The van der Waals surface area contributed by atoms with E-state index in [1.54, 1.807) is 24.9 Å². The molecule has 26 heavy (non-hydrogen) atoms. The van der Waals surface area contributed by atoms with Crippen LogP contribution in [0, 0.1) is 6.92 Å². The van der Waals surface area contributed by atoms with Crippen LogP contribution in [0.1, 0.15) is 36.5 Å². The molecule has 1 fully saturated rings. The minimum absolute atomic E-state index is 0.119. The third-order valence-electron chi connectivity index (χ3n) is 4.75. The second-order valence-corrected chi connectivity index (χ2v) is 7.87. The monoisotopic (exact) mass is 377 g/mol. The predicted octanol–water partition coefficient (Wildman–Crippen LogP) is 2.76. The van der Waals surface area contributed by atoms with E-state index in [1.165, 1.54) is 6.07 Å². The Bertz CT molecular complexity index is 806. The van der Waals surface area contributed by atoms with Crippen molar-refractivity contribution >= 4 is 17.7 Å². The molecule has 1 aliphatic heterocycles. The summed E-state index contributed by atoms with van der Waals surface area (Å²) >= 11 is 1.80. The third-order valence-corrected chi connectivity index (χ3v) is 5.74. The summed E-state index contributed by atoms with van der Waals surface area (Å²) in [5.74, 6) is 2.74. The van der Waals surface area contributed by atoms with Crippen LogP contribution in [0.3, 0.4) is 0 Å². The molecule has 2 aromatic heterocycles. The zero-order valence-electron chi connectivity index (χ0n) is 14.7. The predicted molar refractivity (Wildman–Crippen MR) is 99.7 cm³/mol. The van der Waals surface area contributed by atoms with Crippen LogP contribution in [0.4, 0.5) is 0 Å².